The monoisotopic (exact) mass is 787 g/mol. The van der Waals surface area contributed by atoms with Gasteiger partial charge in [0.15, 0.2) is 5.82 Å². The second-order valence-corrected chi connectivity index (χ2v) is 15.9. The lowest BCUT2D eigenvalue weighted by atomic mass is 9.82. The van der Waals surface area contributed by atoms with Gasteiger partial charge in [0, 0.05) is 29.1 Å². The molecule has 2 aromatic heterocycles. The lowest BCUT2D eigenvalue weighted by Crippen LogP contribution is -1.96. The molecular formula is C59H37N3. The summed E-state index contributed by atoms with van der Waals surface area (Å²) >= 11 is 0. The van der Waals surface area contributed by atoms with E-state index in [9.17, 15) is 0 Å². The van der Waals surface area contributed by atoms with Crippen molar-refractivity contribution in [3.05, 3.63) is 225 Å². The number of nitrogens with zero attached hydrogens (tertiary/aromatic N) is 3. The molecule has 3 heteroatoms. The van der Waals surface area contributed by atoms with Crippen molar-refractivity contribution in [1.29, 1.82) is 0 Å². The van der Waals surface area contributed by atoms with Gasteiger partial charge >= 0.3 is 0 Å². The molecule has 0 unspecified atom stereocenters. The molecule has 0 amide bonds. The third-order valence-corrected chi connectivity index (χ3v) is 12.4. The van der Waals surface area contributed by atoms with Crippen LogP contribution in [0.4, 0.5) is 0 Å². The maximum Gasteiger partial charge on any atom is 0.160 e. The highest BCUT2D eigenvalue weighted by Crippen LogP contribution is 2.58. The zero-order valence-corrected chi connectivity index (χ0v) is 33.7. The number of rotatable bonds is 7. The summed E-state index contributed by atoms with van der Waals surface area (Å²) in [7, 11) is 0. The zero-order chi connectivity index (χ0) is 41.0. The van der Waals surface area contributed by atoms with Gasteiger partial charge in [0.2, 0.25) is 0 Å². The quantitative estimate of drug-likeness (QED) is 0.161. The molecule has 0 bridgehead atoms. The van der Waals surface area contributed by atoms with Crippen molar-refractivity contribution in [3.63, 3.8) is 0 Å². The Hall–Kier alpha value is -8.27. The van der Waals surface area contributed by atoms with E-state index in [0.717, 1.165) is 44.8 Å². The maximum atomic E-state index is 5.18. The smallest absolute Gasteiger partial charge is 0.160 e. The van der Waals surface area contributed by atoms with E-state index in [4.69, 9.17) is 9.97 Å². The lowest BCUT2D eigenvalue weighted by molar-refractivity contribution is 1.18. The van der Waals surface area contributed by atoms with E-state index in [2.05, 4.69) is 199 Å². The molecule has 0 saturated heterocycles. The van der Waals surface area contributed by atoms with Crippen LogP contribution in [-0.4, -0.2) is 15.0 Å². The number of pyridine rings is 1. The Balaban J connectivity index is 0.991. The SMILES string of the molecule is c1ccc(-c2cc(-c3ccc(-c4ccncc4)cc3)nc(-c3ccc(-c4ccc5c6c(cccc46)-c4c-5c(-c5ccccc5)c5ccccc5c4-c4ccccc4)cc3)n2)cc1. The summed E-state index contributed by atoms with van der Waals surface area (Å²) in [6.07, 6.45) is 3.65. The Kier molecular flexibility index (Phi) is 8.50. The predicted octanol–water partition coefficient (Wildman–Crippen LogP) is 15.5. The minimum Gasteiger partial charge on any atom is -0.265 e. The number of benzene rings is 9. The first-order chi connectivity index (χ1) is 30.8. The molecule has 0 N–H and O–H groups in total. The minimum atomic E-state index is 0.691. The summed E-state index contributed by atoms with van der Waals surface area (Å²) in [5.74, 6) is 0.691. The van der Waals surface area contributed by atoms with Gasteiger partial charge in [-0.3, -0.25) is 4.98 Å². The molecule has 0 aliphatic heterocycles. The highest BCUT2D eigenvalue weighted by molar-refractivity contribution is 6.28. The van der Waals surface area contributed by atoms with Crippen molar-refractivity contribution < 1.29 is 0 Å². The molecule has 1 aliphatic rings. The summed E-state index contributed by atoms with van der Waals surface area (Å²) in [4.78, 5) is 14.5. The average molecular weight is 788 g/mol. The molecule has 1 aliphatic carbocycles. The fraction of sp³-hybridized carbons (Fsp3) is 0. The van der Waals surface area contributed by atoms with Gasteiger partial charge in [-0.25, -0.2) is 9.97 Å². The standard InChI is InChI=1S/C59H37N3/c1-4-13-41(14-5-1)52-37-53(42-27-23-38(24-28-42)39-33-35-60-36-34-39)62-59(61-52)45-29-25-40(26-30-45)46-31-32-51-56-47(46)21-12-22-50(56)57-54(43-15-6-2-7-16-43)48-19-10-11-20-49(48)55(58(51)57)44-17-8-3-9-18-44/h1-37H. The molecule has 62 heavy (non-hydrogen) atoms. The van der Waals surface area contributed by atoms with E-state index < -0.39 is 0 Å². The molecule has 0 spiro atoms. The number of fused-ring (bicyclic) bond motifs is 4. The van der Waals surface area contributed by atoms with Gasteiger partial charge in [-0.2, -0.15) is 0 Å². The van der Waals surface area contributed by atoms with E-state index in [1.165, 1.54) is 71.6 Å². The average Bonchev–Trinajstić information content (AvgIpc) is 3.69. The summed E-state index contributed by atoms with van der Waals surface area (Å²) in [5.41, 5.74) is 19.6. The molecule has 0 fully saturated rings. The summed E-state index contributed by atoms with van der Waals surface area (Å²) < 4.78 is 0. The molecule has 0 saturated carbocycles. The predicted molar refractivity (Wildman–Crippen MR) is 257 cm³/mol. The van der Waals surface area contributed by atoms with E-state index >= 15 is 0 Å². The van der Waals surface area contributed by atoms with Crippen LogP contribution < -0.4 is 0 Å². The number of aromatic nitrogens is 3. The van der Waals surface area contributed by atoms with Gasteiger partial charge in [0.1, 0.15) is 0 Å². The van der Waals surface area contributed by atoms with Crippen molar-refractivity contribution in [2.45, 2.75) is 0 Å². The summed E-state index contributed by atoms with van der Waals surface area (Å²) in [6, 6.07) is 76.1. The number of hydrogen-bond acceptors (Lipinski definition) is 3. The first-order valence-corrected chi connectivity index (χ1v) is 21.1. The van der Waals surface area contributed by atoms with Crippen LogP contribution in [-0.2, 0) is 0 Å². The first kappa shape index (κ1) is 35.7. The van der Waals surface area contributed by atoms with Crippen molar-refractivity contribution in [3.8, 4) is 101 Å². The van der Waals surface area contributed by atoms with Gasteiger partial charge in [-0.05, 0) is 107 Å². The van der Waals surface area contributed by atoms with Crippen molar-refractivity contribution in [1.82, 2.24) is 15.0 Å². The third-order valence-electron chi connectivity index (χ3n) is 12.4. The Labute approximate surface area is 360 Å². The van der Waals surface area contributed by atoms with E-state index in [-0.39, 0.29) is 0 Å². The van der Waals surface area contributed by atoms with Crippen LogP contribution in [0.3, 0.4) is 0 Å². The molecule has 0 radical (unpaired) electrons. The van der Waals surface area contributed by atoms with Crippen LogP contribution in [0.1, 0.15) is 0 Å². The van der Waals surface area contributed by atoms with E-state index in [1.54, 1.807) is 0 Å². The Morgan fingerprint density at radius 1 is 0.258 bits per heavy atom. The van der Waals surface area contributed by atoms with Gasteiger partial charge in [-0.1, -0.05) is 194 Å². The van der Waals surface area contributed by atoms with Crippen LogP contribution in [0.25, 0.3) is 122 Å². The fourth-order valence-corrected chi connectivity index (χ4v) is 9.52. The van der Waals surface area contributed by atoms with E-state index in [1.807, 2.05) is 30.6 Å². The molecule has 0 atom stereocenters. The van der Waals surface area contributed by atoms with Crippen LogP contribution in [0.2, 0.25) is 0 Å². The van der Waals surface area contributed by atoms with Gasteiger partial charge in [0.05, 0.1) is 11.4 Å². The molecule has 11 aromatic rings. The summed E-state index contributed by atoms with van der Waals surface area (Å²) in [6.45, 7) is 0. The molecule has 3 nitrogen and oxygen atoms in total. The topological polar surface area (TPSA) is 38.7 Å². The van der Waals surface area contributed by atoms with Crippen molar-refractivity contribution in [2.75, 3.05) is 0 Å². The fourth-order valence-electron chi connectivity index (χ4n) is 9.52. The first-order valence-electron chi connectivity index (χ1n) is 21.1. The number of hydrogen-bond donors (Lipinski definition) is 0. The molecule has 9 aromatic carbocycles. The van der Waals surface area contributed by atoms with Crippen LogP contribution in [0, 0.1) is 0 Å². The Morgan fingerprint density at radius 2 is 0.694 bits per heavy atom. The van der Waals surface area contributed by atoms with E-state index in [0.29, 0.717) is 5.82 Å². The maximum absolute atomic E-state index is 5.18. The van der Waals surface area contributed by atoms with Crippen LogP contribution in [0.5, 0.6) is 0 Å². The van der Waals surface area contributed by atoms with Crippen LogP contribution >= 0.6 is 0 Å². The van der Waals surface area contributed by atoms with Crippen LogP contribution in [0.15, 0.2) is 225 Å². The molecule has 288 valence electrons. The van der Waals surface area contributed by atoms with Gasteiger partial charge in [-0.15, -0.1) is 0 Å². The molecule has 12 rings (SSSR count). The lowest BCUT2D eigenvalue weighted by Gasteiger charge is -2.20. The Morgan fingerprint density at radius 3 is 1.29 bits per heavy atom. The van der Waals surface area contributed by atoms with Crippen molar-refractivity contribution in [2.24, 2.45) is 0 Å². The zero-order valence-electron chi connectivity index (χ0n) is 33.7. The second-order valence-electron chi connectivity index (χ2n) is 15.9. The summed E-state index contributed by atoms with van der Waals surface area (Å²) in [5, 5.41) is 5.07. The van der Waals surface area contributed by atoms with Gasteiger partial charge < -0.3 is 0 Å². The normalized spacial score (nSPS) is 11.5. The third kappa shape index (κ3) is 5.94. The minimum absolute atomic E-state index is 0.691. The molecular weight excluding hydrogens is 751 g/mol. The second kappa shape index (κ2) is 14.8. The highest BCUT2D eigenvalue weighted by Gasteiger charge is 2.31. The highest BCUT2D eigenvalue weighted by atomic mass is 14.9. The Bertz CT molecular complexity index is 3360. The molecule has 2 heterocycles. The van der Waals surface area contributed by atoms with Gasteiger partial charge in [0.25, 0.3) is 0 Å². The van der Waals surface area contributed by atoms with Crippen molar-refractivity contribution >= 4 is 21.5 Å². The largest absolute Gasteiger partial charge is 0.265 e.